The van der Waals surface area contributed by atoms with Crippen molar-refractivity contribution in [2.75, 3.05) is 6.61 Å². The van der Waals surface area contributed by atoms with Gasteiger partial charge in [-0.3, -0.25) is 0 Å². The summed E-state index contributed by atoms with van der Waals surface area (Å²) in [5.74, 6) is -3.41. The summed E-state index contributed by atoms with van der Waals surface area (Å²) in [6.07, 6.45) is -8.33. The third-order valence-electron chi connectivity index (χ3n) is 7.63. The first-order valence-corrected chi connectivity index (χ1v) is 11.6. The molecule has 1 saturated carbocycles. The van der Waals surface area contributed by atoms with Crippen molar-refractivity contribution in [1.29, 1.82) is 0 Å². The highest BCUT2D eigenvalue weighted by molar-refractivity contribution is 7.96. The molecule has 1 aliphatic carbocycles. The molecule has 28 heavy (non-hydrogen) atoms. The summed E-state index contributed by atoms with van der Waals surface area (Å²) in [5, 5.41) is 84.3. The van der Waals surface area contributed by atoms with Gasteiger partial charge in [-0.2, -0.15) is 0 Å². The van der Waals surface area contributed by atoms with E-state index in [9.17, 15) is 60.2 Å². The average Bonchev–Trinajstić information content (AvgIpc) is 3.51. The summed E-state index contributed by atoms with van der Waals surface area (Å²) in [6.45, 7) is -0.998. The van der Waals surface area contributed by atoms with Crippen molar-refractivity contribution < 1.29 is 69.7 Å². The van der Waals surface area contributed by atoms with Crippen LogP contribution in [0.25, 0.3) is 0 Å². The molecule has 8 saturated heterocycles. The van der Waals surface area contributed by atoms with E-state index in [1.165, 1.54) is 0 Å². The van der Waals surface area contributed by atoms with Crippen LogP contribution < -0.4 is 0 Å². The Morgan fingerprint density at radius 2 is 1.21 bits per heavy atom. The quantitative estimate of drug-likeness (QED) is 0.143. The van der Waals surface area contributed by atoms with Gasteiger partial charge in [0.1, 0.15) is 18.3 Å². The summed E-state index contributed by atoms with van der Waals surface area (Å²) in [6, 6.07) is 0. The van der Waals surface area contributed by atoms with Gasteiger partial charge in [0, 0.05) is 0 Å². The minimum atomic E-state index is -4.59. The number of ether oxygens (including phenoxy) is 2. The lowest BCUT2D eigenvalue weighted by molar-refractivity contribution is -0.475. The zero-order valence-corrected chi connectivity index (χ0v) is 15.3. The Bertz CT molecular complexity index is 987. The molecule has 14 nitrogen and oxygen atoms in total. The third-order valence-corrected chi connectivity index (χ3v) is 16.5. The highest BCUT2D eigenvalue weighted by Crippen LogP contribution is 3.36. The van der Waals surface area contributed by atoms with Gasteiger partial charge in [0.25, 0.3) is 0 Å². The Hall–Kier alpha value is -0.0200. The van der Waals surface area contributed by atoms with E-state index < -0.39 is 83.3 Å². The molecule has 9 rings (SSSR count). The molecular formula is C12H16O14P2. The number of aliphatic hydroxyl groups excluding tert-OH is 4. The SMILES string of the molecule is O=P12[C@@]3(O)[C@@]1(O)[C@@]2(O)[C@]1(O[C@]2(O)O[C@H](CO)[C@@H](O)[C@H](O)[C@@H]2O)[C@@]2(O)[C@@]3(O)P21=O. The van der Waals surface area contributed by atoms with Gasteiger partial charge in [0.2, 0.25) is 32.1 Å². The first kappa shape index (κ1) is 18.7. The maximum absolute atomic E-state index is 13.1. The van der Waals surface area contributed by atoms with Crippen molar-refractivity contribution in [3.05, 3.63) is 0 Å². The molecule has 8 aliphatic heterocycles. The topological polar surface area (TPSA) is 255 Å². The fourth-order valence-corrected chi connectivity index (χ4v) is 17.3. The maximum Gasteiger partial charge on any atom is 0.312 e. The molecule has 4 bridgehead atoms. The molecule has 158 valence electrons. The molecule has 0 aromatic rings. The molecule has 0 aromatic carbocycles. The standard InChI is InChI=1S/C12H16O14P2/c13-1-2-3(14)4(15)5(16)6(17,25-2)26-12-10(21)8(19)7(18,27(8,10)23)9(20)11(12,22)28(9,12)24/h2-5,13-22H,1H2/t2-,3-,4+,5+,6-,7+,8+,9+,10+,11-,12-,27?,28?/m1/s1. The van der Waals surface area contributed by atoms with Crippen molar-refractivity contribution in [2.24, 2.45) is 0 Å². The lowest BCUT2D eigenvalue weighted by atomic mass is 9.83. The predicted molar refractivity (Wildman–Crippen MR) is 78.7 cm³/mol. The minimum absolute atomic E-state index is 0.998. The zero-order valence-electron chi connectivity index (χ0n) is 13.5. The molecule has 9 fully saturated rings. The monoisotopic (exact) mass is 446 g/mol. The highest BCUT2D eigenvalue weighted by atomic mass is 31.2. The normalized spacial score (nSPS) is 80.1. The van der Waals surface area contributed by atoms with Gasteiger partial charge in [-0.15, -0.1) is 0 Å². The van der Waals surface area contributed by atoms with Gasteiger partial charge >= 0.3 is 5.97 Å². The van der Waals surface area contributed by atoms with E-state index in [2.05, 4.69) is 0 Å². The molecule has 8 heterocycles. The molecule has 2 unspecified atom stereocenters. The van der Waals surface area contributed by atoms with Crippen LogP contribution >= 0.6 is 14.3 Å². The van der Waals surface area contributed by atoms with Crippen LogP contribution in [0.1, 0.15) is 0 Å². The van der Waals surface area contributed by atoms with Crippen LogP contribution in [-0.2, 0) is 18.6 Å². The maximum atomic E-state index is 13.1. The summed E-state index contributed by atoms with van der Waals surface area (Å²) < 4.78 is 35.7. The summed E-state index contributed by atoms with van der Waals surface area (Å²) >= 11 is 0. The highest BCUT2D eigenvalue weighted by Gasteiger charge is 3.45. The zero-order chi connectivity index (χ0) is 20.9. The minimum Gasteiger partial charge on any atom is -0.394 e. The van der Waals surface area contributed by atoms with Gasteiger partial charge in [-0.05, 0) is 0 Å². The van der Waals surface area contributed by atoms with Crippen LogP contribution in [0, 0.1) is 0 Å². The Kier molecular flexibility index (Phi) is 2.56. The van der Waals surface area contributed by atoms with Crippen molar-refractivity contribution in [2.45, 2.75) is 62.4 Å². The van der Waals surface area contributed by atoms with E-state index in [1.807, 2.05) is 0 Å². The predicted octanol–water partition coefficient (Wildman–Crippen LogP) is -5.94. The summed E-state index contributed by atoms with van der Waals surface area (Å²) in [4.78, 5) is 0. The van der Waals surface area contributed by atoms with E-state index in [1.54, 1.807) is 0 Å². The first-order valence-electron chi connectivity index (χ1n) is 8.18. The molecule has 0 spiro atoms. The first-order chi connectivity index (χ1) is 12.6. The Morgan fingerprint density at radius 3 is 1.68 bits per heavy atom. The Balaban J connectivity index is 1.46. The molecule has 0 aromatic heterocycles. The molecule has 16 heteroatoms. The Labute approximate surface area is 153 Å². The number of aliphatic hydroxyl groups is 10. The van der Waals surface area contributed by atoms with Gasteiger partial charge in [-0.25, -0.2) is 0 Å². The van der Waals surface area contributed by atoms with Gasteiger partial charge < -0.3 is 69.7 Å². The third kappa shape index (κ3) is 0.945. The van der Waals surface area contributed by atoms with Crippen LogP contribution in [0.2, 0.25) is 0 Å². The van der Waals surface area contributed by atoms with E-state index in [0.717, 1.165) is 0 Å². The smallest absolute Gasteiger partial charge is 0.312 e. The second-order valence-electron chi connectivity index (χ2n) is 8.22. The van der Waals surface area contributed by atoms with Crippen LogP contribution in [0.15, 0.2) is 0 Å². The second-order valence-corrected chi connectivity index (χ2v) is 14.5. The van der Waals surface area contributed by atoms with Crippen molar-refractivity contribution in [1.82, 2.24) is 0 Å². The molecule has 0 amide bonds. The van der Waals surface area contributed by atoms with Gasteiger partial charge in [0.15, 0.2) is 20.4 Å². The van der Waals surface area contributed by atoms with Crippen LogP contribution in [0.4, 0.5) is 0 Å². The molecular weight excluding hydrogens is 430 g/mol. The lowest BCUT2D eigenvalue weighted by Crippen LogP contribution is -2.78. The van der Waals surface area contributed by atoms with Crippen molar-refractivity contribution >= 4 is 14.3 Å². The fraction of sp³-hybridized carbons (Fsp3) is 1.00. The van der Waals surface area contributed by atoms with Gasteiger partial charge in [-0.1, -0.05) is 0 Å². The van der Waals surface area contributed by atoms with E-state index >= 15 is 0 Å². The Morgan fingerprint density at radius 1 is 0.786 bits per heavy atom. The molecule has 0 radical (unpaired) electrons. The lowest BCUT2D eigenvalue weighted by Gasteiger charge is -2.54. The van der Waals surface area contributed by atoms with Gasteiger partial charge in [0.05, 0.1) is 6.61 Å². The molecule has 10 N–H and O–H groups in total. The largest absolute Gasteiger partial charge is 0.394 e. The van der Waals surface area contributed by atoms with Crippen LogP contribution in [0.3, 0.4) is 0 Å². The van der Waals surface area contributed by atoms with Crippen molar-refractivity contribution in [3.8, 4) is 0 Å². The number of rotatable bonds is 3. The van der Waals surface area contributed by atoms with Crippen LogP contribution in [0.5, 0.6) is 0 Å². The molecule has 13 atom stereocenters. The van der Waals surface area contributed by atoms with Crippen LogP contribution in [-0.4, -0.2) is 120 Å². The summed E-state index contributed by atoms with van der Waals surface area (Å²) in [5.41, 5.74) is 0. The average molecular weight is 446 g/mol. The van der Waals surface area contributed by atoms with E-state index in [4.69, 9.17) is 9.47 Å². The molecule has 9 aliphatic rings. The summed E-state index contributed by atoms with van der Waals surface area (Å²) in [7, 11) is -9.08. The van der Waals surface area contributed by atoms with E-state index in [-0.39, 0.29) is 0 Å². The second kappa shape index (κ2) is 3.83. The van der Waals surface area contributed by atoms with Crippen molar-refractivity contribution in [3.63, 3.8) is 0 Å². The number of hydrogen-bond acceptors (Lipinski definition) is 14. The fourth-order valence-electron chi connectivity index (χ4n) is 6.07. The number of hydrogen-bond donors (Lipinski definition) is 10. The van der Waals surface area contributed by atoms with E-state index in [0.29, 0.717) is 0 Å².